The molecule has 6 heteroatoms. The number of benzene rings is 2. The van der Waals surface area contributed by atoms with E-state index in [1.165, 1.54) is 0 Å². The first-order valence-electron chi connectivity index (χ1n) is 4.93. The molecule has 2 aromatic carbocycles. The summed E-state index contributed by atoms with van der Waals surface area (Å²) in [4.78, 5) is 0. The van der Waals surface area contributed by atoms with Gasteiger partial charge in [0, 0.05) is 21.2 Å². The zero-order valence-electron chi connectivity index (χ0n) is 9.01. The highest BCUT2D eigenvalue weighted by Gasteiger charge is 2.02. The van der Waals surface area contributed by atoms with Crippen molar-refractivity contribution in [3.05, 3.63) is 58.6 Å². The van der Waals surface area contributed by atoms with Gasteiger partial charge in [0.15, 0.2) is 0 Å². The van der Waals surface area contributed by atoms with Gasteiger partial charge in [-0.2, -0.15) is 0 Å². The molecule has 0 heterocycles. The molecule has 94 valence electrons. The Labute approximate surface area is 122 Å². The van der Waals surface area contributed by atoms with Gasteiger partial charge < -0.3 is 8.37 Å². The molecule has 0 fully saturated rings. The fourth-order valence-electron chi connectivity index (χ4n) is 1.15. The highest BCUT2D eigenvalue weighted by atomic mass is 35.5. The average molecular weight is 319 g/mol. The van der Waals surface area contributed by atoms with Crippen molar-refractivity contribution >= 4 is 44.4 Å². The molecule has 0 saturated carbocycles. The van der Waals surface area contributed by atoms with Crippen molar-refractivity contribution in [2.24, 2.45) is 0 Å². The van der Waals surface area contributed by atoms with Crippen molar-refractivity contribution in [2.45, 2.75) is 0 Å². The molecule has 18 heavy (non-hydrogen) atoms. The van der Waals surface area contributed by atoms with E-state index in [0.717, 1.165) is 0 Å². The molecule has 0 bridgehead atoms. The molecular formula is C12H8Cl2O2S2. The van der Waals surface area contributed by atoms with Crippen LogP contribution in [0.15, 0.2) is 48.5 Å². The quantitative estimate of drug-likeness (QED) is 0.834. The molecule has 2 aromatic rings. The van der Waals surface area contributed by atoms with E-state index in [-0.39, 0.29) is 0 Å². The van der Waals surface area contributed by atoms with Gasteiger partial charge >= 0.3 is 0 Å². The third-order valence-electron chi connectivity index (χ3n) is 1.96. The van der Waals surface area contributed by atoms with E-state index in [1.54, 1.807) is 48.5 Å². The summed E-state index contributed by atoms with van der Waals surface area (Å²) in [5.74, 6) is 1.23. The summed E-state index contributed by atoms with van der Waals surface area (Å²) in [6.45, 7) is 0. The second-order valence-electron chi connectivity index (χ2n) is 3.28. The lowest BCUT2D eigenvalue weighted by atomic mass is 10.3. The first kappa shape index (κ1) is 13.6. The van der Waals surface area contributed by atoms with Gasteiger partial charge in [-0.05, 0) is 48.5 Å². The molecular weight excluding hydrogens is 311 g/mol. The van der Waals surface area contributed by atoms with Crippen LogP contribution in [0.2, 0.25) is 10.0 Å². The van der Waals surface area contributed by atoms with Crippen molar-refractivity contribution in [3.63, 3.8) is 0 Å². The van der Waals surface area contributed by atoms with Crippen LogP contribution in [0, 0.1) is 0 Å². The van der Waals surface area contributed by atoms with Crippen molar-refractivity contribution in [2.75, 3.05) is 0 Å². The van der Waals surface area contributed by atoms with E-state index in [0.29, 0.717) is 21.5 Å². The molecule has 0 aliphatic carbocycles. The van der Waals surface area contributed by atoms with Crippen molar-refractivity contribution in [1.29, 1.82) is 0 Å². The molecule has 2 nitrogen and oxygen atoms in total. The normalized spacial score (nSPS) is 10.4. The maximum absolute atomic E-state index is 5.77. The van der Waals surface area contributed by atoms with Gasteiger partial charge in [0.05, 0.1) is 0 Å². The van der Waals surface area contributed by atoms with Gasteiger partial charge in [0.1, 0.15) is 11.5 Å². The predicted molar refractivity (Wildman–Crippen MR) is 78.9 cm³/mol. The third kappa shape index (κ3) is 4.14. The van der Waals surface area contributed by atoms with Crippen molar-refractivity contribution in [1.82, 2.24) is 0 Å². The lowest BCUT2D eigenvalue weighted by molar-refractivity contribution is 0.530. The van der Waals surface area contributed by atoms with Crippen LogP contribution in [-0.2, 0) is 21.2 Å². The summed E-state index contributed by atoms with van der Waals surface area (Å²) >= 11 is 16.6. The Morgan fingerprint density at radius 3 is 1.39 bits per heavy atom. The van der Waals surface area contributed by atoms with Gasteiger partial charge in [0.25, 0.3) is 10.0 Å². The Hall–Kier alpha value is -0.810. The number of rotatable bonds is 4. The number of halogens is 2. The average Bonchev–Trinajstić information content (AvgIpc) is 2.35. The molecule has 2 rings (SSSR count). The molecule has 0 spiro atoms. The van der Waals surface area contributed by atoms with E-state index in [2.05, 4.69) is 0 Å². The van der Waals surface area contributed by atoms with E-state index < -0.39 is 10.0 Å². The molecule has 0 amide bonds. The molecule has 0 unspecified atom stereocenters. The second-order valence-corrected chi connectivity index (χ2v) is 5.71. The van der Waals surface area contributed by atoms with Crippen LogP contribution >= 0.6 is 23.2 Å². The van der Waals surface area contributed by atoms with Crippen molar-refractivity contribution in [3.8, 4) is 11.5 Å². The third-order valence-corrected chi connectivity index (χ3v) is 3.53. The van der Waals surface area contributed by atoms with Gasteiger partial charge in [0.2, 0.25) is 0 Å². The van der Waals surface area contributed by atoms with Crippen LogP contribution in [-0.4, -0.2) is 0 Å². The monoisotopic (exact) mass is 318 g/mol. The minimum Gasteiger partial charge on any atom is -0.392 e. The second kappa shape index (κ2) is 6.38. The maximum Gasteiger partial charge on any atom is 0.259 e. The molecule has 0 radical (unpaired) electrons. The molecule has 0 aliphatic heterocycles. The van der Waals surface area contributed by atoms with Crippen LogP contribution in [0.25, 0.3) is 0 Å². The fourth-order valence-corrected chi connectivity index (χ4v) is 2.45. The van der Waals surface area contributed by atoms with Crippen molar-refractivity contribution < 1.29 is 8.37 Å². The largest absolute Gasteiger partial charge is 0.392 e. The molecule has 0 aliphatic rings. The summed E-state index contributed by atoms with van der Waals surface area (Å²) in [7, 11) is -1.09. The van der Waals surface area contributed by atoms with Crippen LogP contribution in [0.3, 0.4) is 0 Å². The molecule has 0 atom stereocenters. The molecule has 0 N–H and O–H groups in total. The Bertz CT molecular complexity index is 492. The van der Waals surface area contributed by atoms with Gasteiger partial charge in [-0.1, -0.05) is 23.2 Å². The molecule has 0 aromatic heterocycles. The minimum absolute atomic E-state index is 0.617. The molecule has 0 saturated heterocycles. The van der Waals surface area contributed by atoms with E-state index in [9.17, 15) is 0 Å². The van der Waals surface area contributed by atoms with Gasteiger partial charge in [-0.25, -0.2) is 0 Å². The Morgan fingerprint density at radius 1 is 0.722 bits per heavy atom. The van der Waals surface area contributed by atoms with Gasteiger partial charge in [-0.3, -0.25) is 0 Å². The Kier molecular flexibility index (Phi) is 4.83. The number of hydrogen-bond donors (Lipinski definition) is 0. The van der Waals surface area contributed by atoms with Crippen LogP contribution in [0.4, 0.5) is 0 Å². The summed E-state index contributed by atoms with van der Waals surface area (Å²) in [6.07, 6.45) is 0. The summed E-state index contributed by atoms with van der Waals surface area (Å²) in [5.41, 5.74) is 0. The van der Waals surface area contributed by atoms with Crippen LogP contribution in [0.5, 0.6) is 11.5 Å². The topological polar surface area (TPSA) is 18.5 Å². The summed E-state index contributed by atoms with van der Waals surface area (Å²) < 4.78 is 10.9. The zero-order chi connectivity index (χ0) is 13.0. The van der Waals surface area contributed by atoms with Crippen LogP contribution < -0.4 is 8.37 Å². The summed E-state index contributed by atoms with van der Waals surface area (Å²) in [5, 5.41) is 1.29. The highest BCUT2D eigenvalue weighted by Crippen LogP contribution is 2.19. The summed E-state index contributed by atoms with van der Waals surface area (Å²) in [6, 6.07) is 13.9. The smallest absolute Gasteiger partial charge is 0.259 e. The minimum atomic E-state index is -1.09. The Morgan fingerprint density at radius 2 is 1.06 bits per heavy atom. The Balaban J connectivity index is 1.96. The zero-order valence-corrected chi connectivity index (χ0v) is 12.2. The van der Waals surface area contributed by atoms with Gasteiger partial charge in [-0.15, -0.1) is 0 Å². The first-order valence-corrected chi connectivity index (χ1v) is 7.68. The van der Waals surface area contributed by atoms with Crippen LogP contribution in [0.1, 0.15) is 0 Å². The SMILES string of the molecule is S=S(Oc1ccc(Cl)cc1)Oc1ccc(Cl)cc1. The number of hydrogen-bond acceptors (Lipinski definition) is 3. The van der Waals surface area contributed by atoms with E-state index >= 15 is 0 Å². The highest BCUT2D eigenvalue weighted by molar-refractivity contribution is 8.23. The fraction of sp³-hybridized carbons (Fsp3) is 0. The lowest BCUT2D eigenvalue weighted by Crippen LogP contribution is -2.06. The standard InChI is InChI=1S/C12H8Cl2O2S2/c13-9-1-5-11(6-2-9)15-18(17)16-12-7-3-10(14)4-8-12/h1-8H. The van der Waals surface area contributed by atoms with E-state index in [4.69, 9.17) is 42.8 Å². The predicted octanol–water partition coefficient (Wildman–Crippen LogP) is 4.36. The van der Waals surface area contributed by atoms with E-state index in [1.807, 2.05) is 0 Å². The first-order chi connectivity index (χ1) is 8.63. The lowest BCUT2D eigenvalue weighted by Gasteiger charge is -2.08. The maximum atomic E-state index is 5.77.